The highest BCUT2D eigenvalue weighted by molar-refractivity contribution is 5.47. The topological polar surface area (TPSA) is 27.7 Å². The van der Waals surface area contributed by atoms with Crippen molar-refractivity contribution in [2.45, 2.75) is 31.3 Å². The van der Waals surface area contributed by atoms with Gasteiger partial charge >= 0.3 is 0 Å². The Kier molecular flexibility index (Phi) is 4.66. The molecule has 1 aromatic rings. The third-order valence-electron chi connectivity index (χ3n) is 4.62. The van der Waals surface area contributed by atoms with Crippen LogP contribution in [0.4, 0.5) is 5.69 Å². The second kappa shape index (κ2) is 6.67. The van der Waals surface area contributed by atoms with Gasteiger partial charge in [-0.05, 0) is 64.2 Å². The molecule has 0 amide bonds. The molecule has 0 bridgehead atoms. The molecule has 0 saturated carbocycles. The first-order chi connectivity index (χ1) is 10.2. The van der Waals surface area contributed by atoms with E-state index in [1.807, 2.05) is 0 Å². The fourth-order valence-corrected chi connectivity index (χ4v) is 3.46. The van der Waals surface area contributed by atoms with Gasteiger partial charge in [-0.25, -0.2) is 0 Å². The van der Waals surface area contributed by atoms with Gasteiger partial charge in [0.05, 0.1) is 0 Å². The molecule has 2 aliphatic heterocycles. The second-order valence-corrected chi connectivity index (χ2v) is 6.46. The van der Waals surface area contributed by atoms with Gasteiger partial charge in [-0.1, -0.05) is 0 Å². The van der Waals surface area contributed by atoms with E-state index < -0.39 is 0 Å². The highest BCUT2D eigenvalue weighted by Crippen LogP contribution is 2.30. The van der Waals surface area contributed by atoms with E-state index in [9.17, 15) is 0 Å². The average molecular weight is 289 g/mol. The zero-order valence-corrected chi connectivity index (χ0v) is 13.2. The second-order valence-electron chi connectivity index (χ2n) is 6.46. The smallest absolute Gasteiger partial charge is 0.119 e. The van der Waals surface area contributed by atoms with E-state index in [4.69, 9.17) is 4.74 Å². The summed E-state index contributed by atoms with van der Waals surface area (Å²) in [6.45, 7) is 4.23. The molecule has 0 aromatic heterocycles. The van der Waals surface area contributed by atoms with Gasteiger partial charge in [0, 0.05) is 30.9 Å². The summed E-state index contributed by atoms with van der Waals surface area (Å²) in [6.07, 6.45) is 3.98. The molecule has 4 nitrogen and oxygen atoms in total. The van der Waals surface area contributed by atoms with Crippen LogP contribution < -0.4 is 10.1 Å². The lowest BCUT2D eigenvalue weighted by atomic mass is 10.1. The highest BCUT2D eigenvalue weighted by Gasteiger charge is 2.36. The third-order valence-corrected chi connectivity index (χ3v) is 4.62. The average Bonchev–Trinajstić information content (AvgIpc) is 3.05. The van der Waals surface area contributed by atoms with E-state index >= 15 is 0 Å². The van der Waals surface area contributed by atoms with E-state index in [2.05, 4.69) is 53.5 Å². The zero-order valence-electron chi connectivity index (χ0n) is 13.2. The van der Waals surface area contributed by atoms with E-state index in [1.165, 1.54) is 38.0 Å². The van der Waals surface area contributed by atoms with Crippen LogP contribution in [0, 0.1) is 0 Å². The van der Waals surface area contributed by atoms with Crippen LogP contribution in [0.15, 0.2) is 24.3 Å². The van der Waals surface area contributed by atoms with Gasteiger partial charge < -0.3 is 15.0 Å². The van der Waals surface area contributed by atoms with Gasteiger partial charge in [0.15, 0.2) is 0 Å². The lowest BCUT2D eigenvalue weighted by Crippen LogP contribution is -2.33. The van der Waals surface area contributed by atoms with Crippen molar-refractivity contribution in [3.05, 3.63) is 24.3 Å². The minimum Gasteiger partial charge on any atom is -0.492 e. The van der Waals surface area contributed by atoms with Crippen molar-refractivity contribution in [1.82, 2.24) is 9.80 Å². The Morgan fingerprint density at radius 1 is 1.19 bits per heavy atom. The third kappa shape index (κ3) is 3.69. The van der Waals surface area contributed by atoms with Crippen LogP contribution >= 0.6 is 0 Å². The van der Waals surface area contributed by atoms with E-state index in [0.717, 1.165) is 24.9 Å². The van der Waals surface area contributed by atoms with Crippen LogP contribution in [0.5, 0.6) is 5.75 Å². The minimum absolute atomic E-state index is 0.619. The maximum atomic E-state index is 5.73. The van der Waals surface area contributed by atoms with Crippen LogP contribution in [0.2, 0.25) is 0 Å². The number of ether oxygens (including phenoxy) is 1. The molecule has 2 aliphatic rings. The summed E-state index contributed by atoms with van der Waals surface area (Å²) in [4.78, 5) is 4.76. The lowest BCUT2D eigenvalue weighted by molar-refractivity contribution is 0.261. The standard InChI is InChI=1S/C17H27N3O/c1-19(2)12-13-21-15-7-5-14(6-8-15)18-16-9-11-20-10-3-4-17(16)20/h5-8,16-18H,3-4,9-13H2,1-2H3. The van der Waals surface area contributed by atoms with Gasteiger partial charge in [0.25, 0.3) is 0 Å². The normalized spacial score (nSPS) is 25.3. The number of rotatable bonds is 6. The molecular formula is C17H27N3O. The molecule has 0 radical (unpaired) electrons. The fraction of sp³-hybridized carbons (Fsp3) is 0.647. The summed E-state index contributed by atoms with van der Waals surface area (Å²) in [5.74, 6) is 0.955. The number of anilines is 1. The first-order valence-electron chi connectivity index (χ1n) is 8.10. The van der Waals surface area contributed by atoms with Crippen LogP contribution in [0.3, 0.4) is 0 Å². The van der Waals surface area contributed by atoms with Gasteiger partial charge in [-0.3, -0.25) is 4.90 Å². The maximum Gasteiger partial charge on any atom is 0.119 e. The van der Waals surface area contributed by atoms with Crippen molar-refractivity contribution in [3.63, 3.8) is 0 Å². The molecule has 2 saturated heterocycles. The van der Waals surface area contributed by atoms with Crippen molar-refractivity contribution < 1.29 is 4.74 Å². The summed E-state index contributed by atoms with van der Waals surface area (Å²) in [5, 5.41) is 3.71. The van der Waals surface area contributed by atoms with Crippen molar-refractivity contribution in [1.29, 1.82) is 0 Å². The maximum absolute atomic E-state index is 5.73. The molecule has 2 heterocycles. The Hall–Kier alpha value is -1.26. The number of hydrogen-bond acceptors (Lipinski definition) is 4. The SMILES string of the molecule is CN(C)CCOc1ccc(NC2CCN3CCCC23)cc1. The molecule has 4 heteroatoms. The molecule has 0 spiro atoms. The van der Waals surface area contributed by atoms with E-state index in [1.54, 1.807) is 0 Å². The van der Waals surface area contributed by atoms with E-state index in [-0.39, 0.29) is 0 Å². The lowest BCUT2D eigenvalue weighted by Gasteiger charge is -2.22. The zero-order chi connectivity index (χ0) is 14.7. The molecule has 2 fully saturated rings. The van der Waals surface area contributed by atoms with Crippen molar-refractivity contribution in [3.8, 4) is 5.75 Å². The van der Waals surface area contributed by atoms with Gasteiger partial charge in [0.2, 0.25) is 0 Å². The Balaban J connectivity index is 1.50. The molecule has 0 aliphatic carbocycles. The molecule has 116 valence electrons. The Labute approximate surface area is 128 Å². The summed E-state index contributed by atoms with van der Waals surface area (Å²) < 4.78 is 5.73. The quantitative estimate of drug-likeness (QED) is 0.869. The Bertz CT molecular complexity index is 446. The number of nitrogens with zero attached hydrogens (tertiary/aromatic N) is 2. The molecule has 1 N–H and O–H groups in total. The fourth-order valence-electron chi connectivity index (χ4n) is 3.46. The van der Waals surface area contributed by atoms with Crippen molar-refractivity contribution in [2.24, 2.45) is 0 Å². The van der Waals surface area contributed by atoms with Crippen LogP contribution in [-0.2, 0) is 0 Å². The number of fused-ring (bicyclic) bond motifs is 1. The van der Waals surface area contributed by atoms with Gasteiger partial charge in [-0.2, -0.15) is 0 Å². The number of hydrogen-bond donors (Lipinski definition) is 1. The Morgan fingerprint density at radius 2 is 2.00 bits per heavy atom. The minimum atomic E-state index is 0.619. The summed E-state index contributed by atoms with van der Waals surface area (Å²) in [5.41, 5.74) is 1.22. The molecule has 2 atom stereocenters. The van der Waals surface area contributed by atoms with Crippen molar-refractivity contribution >= 4 is 5.69 Å². The van der Waals surface area contributed by atoms with Gasteiger partial charge in [-0.15, -0.1) is 0 Å². The monoisotopic (exact) mass is 289 g/mol. The van der Waals surface area contributed by atoms with Crippen LogP contribution in [0.25, 0.3) is 0 Å². The number of nitrogens with one attached hydrogen (secondary N) is 1. The molecule has 21 heavy (non-hydrogen) atoms. The van der Waals surface area contributed by atoms with Gasteiger partial charge in [0.1, 0.15) is 12.4 Å². The van der Waals surface area contributed by atoms with Crippen molar-refractivity contribution in [2.75, 3.05) is 45.7 Å². The van der Waals surface area contributed by atoms with E-state index in [0.29, 0.717) is 6.04 Å². The Morgan fingerprint density at radius 3 is 2.76 bits per heavy atom. The number of likely N-dealkylation sites (N-methyl/N-ethyl adjacent to an activating group) is 1. The van der Waals surface area contributed by atoms with Crippen LogP contribution in [-0.4, -0.2) is 62.2 Å². The predicted molar refractivity (Wildman–Crippen MR) is 87.1 cm³/mol. The summed E-state index contributed by atoms with van der Waals surface area (Å²) in [6, 6.07) is 9.79. The largest absolute Gasteiger partial charge is 0.492 e. The summed E-state index contributed by atoms with van der Waals surface area (Å²) >= 11 is 0. The molecular weight excluding hydrogens is 262 g/mol. The molecule has 2 unspecified atom stereocenters. The predicted octanol–water partition coefficient (Wildman–Crippen LogP) is 2.28. The van der Waals surface area contributed by atoms with Crippen LogP contribution in [0.1, 0.15) is 19.3 Å². The molecule has 1 aromatic carbocycles. The first kappa shape index (κ1) is 14.7. The summed E-state index contributed by atoms with van der Waals surface area (Å²) in [7, 11) is 4.12. The highest BCUT2D eigenvalue weighted by atomic mass is 16.5. The molecule has 3 rings (SSSR count). The first-order valence-corrected chi connectivity index (χ1v) is 8.10. The number of benzene rings is 1.